The molecule has 0 saturated heterocycles. The summed E-state index contributed by atoms with van der Waals surface area (Å²) in [7, 11) is 0. The number of rotatable bonds is 4. The Balaban J connectivity index is 1.84. The van der Waals surface area contributed by atoms with Gasteiger partial charge >= 0.3 is 5.97 Å². The molecule has 1 aliphatic carbocycles. The molecular weight excluding hydrogens is 369 g/mol. The third-order valence-electron chi connectivity index (χ3n) is 3.95. The van der Waals surface area contributed by atoms with Gasteiger partial charge in [-0.05, 0) is 59.5 Å². The van der Waals surface area contributed by atoms with E-state index in [-0.39, 0.29) is 11.5 Å². The van der Waals surface area contributed by atoms with Gasteiger partial charge < -0.3 is 10.4 Å². The van der Waals surface area contributed by atoms with Crippen LogP contribution in [0.25, 0.3) is 5.69 Å². The first kappa shape index (κ1) is 15.7. The molecule has 23 heavy (non-hydrogen) atoms. The molecule has 1 aliphatic rings. The van der Waals surface area contributed by atoms with Gasteiger partial charge in [-0.3, -0.25) is 4.79 Å². The van der Waals surface area contributed by atoms with E-state index in [1.54, 1.807) is 6.20 Å². The van der Waals surface area contributed by atoms with Gasteiger partial charge in [0.25, 0.3) is 5.91 Å². The Hall–Kier alpha value is -2.22. The van der Waals surface area contributed by atoms with Crippen LogP contribution in [0.5, 0.6) is 0 Å². The number of carboxylic acids is 1. The van der Waals surface area contributed by atoms with Crippen LogP contribution >= 0.6 is 15.9 Å². The minimum absolute atomic E-state index is 0.0850. The molecule has 1 amide bonds. The number of nitrogens with one attached hydrogen (secondary N) is 1. The number of aromatic nitrogens is 2. The van der Waals surface area contributed by atoms with Crippen molar-refractivity contribution in [2.45, 2.75) is 24.8 Å². The second-order valence-corrected chi connectivity index (χ2v) is 6.30. The van der Waals surface area contributed by atoms with Crippen molar-refractivity contribution in [1.29, 1.82) is 0 Å². The largest absolute Gasteiger partial charge is 0.480 e. The highest BCUT2D eigenvalue weighted by atomic mass is 79.9. The average Bonchev–Trinajstić information content (AvgIpc) is 2.85. The molecule has 0 unspecified atom stereocenters. The fourth-order valence-corrected chi connectivity index (χ4v) is 2.89. The van der Waals surface area contributed by atoms with Gasteiger partial charge in [-0.25, -0.2) is 13.9 Å². The number of aliphatic carboxylic acids is 1. The van der Waals surface area contributed by atoms with Crippen molar-refractivity contribution in [3.05, 3.63) is 46.4 Å². The minimum Gasteiger partial charge on any atom is -0.480 e. The standard InChI is InChI=1S/C15H13BrFN3O3/c16-11-8-20(10-4-2-9(17)3-5-10)19-12(11)13(21)18-15(14(22)23)6-1-7-15/h2-5,8H,1,6-7H2,(H,18,21)(H,22,23). The zero-order chi connectivity index (χ0) is 16.6. The molecule has 2 aromatic rings. The van der Waals surface area contributed by atoms with Crippen molar-refractivity contribution in [3.63, 3.8) is 0 Å². The number of carboxylic acid groups (broad SMARTS) is 1. The van der Waals surface area contributed by atoms with Gasteiger partial charge in [-0.2, -0.15) is 5.10 Å². The number of carbonyl (C=O) groups is 2. The first-order valence-electron chi connectivity index (χ1n) is 6.98. The fourth-order valence-electron chi connectivity index (χ4n) is 2.43. The van der Waals surface area contributed by atoms with Crippen LogP contribution < -0.4 is 5.32 Å². The summed E-state index contributed by atoms with van der Waals surface area (Å²) in [5, 5.41) is 16.0. The molecule has 6 nitrogen and oxygen atoms in total. The number of amides is 1. The van der Waals surface area contributed by atoms with Gasteiger partial charge in [0.2, 0.25) is 0 Å². The molecule has 2 N–H and O–H groups in total. The van der Waals surface area contributed by atoms with Crippen molar-refractivity contribution in [1.82, 2.24) is 15.1 Å². The summed E-state index contributed by atoms with van der Waals surface area (Å²) in [6.45, 7) is 0. The first-order chi connectivity index (χ1) is 10.9. The van der Waals surface area contributed by atoms with Crippen molar-refractivity contribution in [2.75, 3.05) is 0 Å². The third-order valence-corrected chi connectivity index (χ3v) is 4.53. The summed E-state index contributed by atoms with van der Waals surface area (Å²) >= 11 is 3.25. The summed E-state index contributed by atoms with van der Waals surface area (Å²) in [6, 6.07) is 5.64. The van der Waals surface area contributed by atoms with E-state index in [1.807, 2.05) is 0 Å². The summed E-state index contributed by atoms with van der Waals surface area (Å²) in [5.41, 5.74) is -0.527. The smallest absolute Gasteiger partial charge is 0.329 e. The Morgan fingerprint density at radius 3 is 2.48 bits per heavy atom. The molecular formula is C15H13BrFN3O3. The van der Waals surface area contributed by atoms with Gasteiger partial charge in [-0.15, -0.1) is 0 Å². The van der Waals surface area contributed by atoms with Gasteiger partial charge in [0.05, 0.1) is 10.2 Å². The maximum absolute atomic E-state index is 13.0. The highest BCUT2D eigenvalue weighted by Crippen LogP contribution is 2.32. The molecule has 0 bridgehead atoms. The Bertz CT molecular complexity index is 769. The van der Waals surface area contributed by atoms with E-state index < -0.39 is 17.4 Å². The van der Waals surface area contributed by atoms with Crippen LogP contribution in [0.15, 0.2) is 34.9 Å². The van der Waals surface area contributed by atoms with E-state index in [9.17, 15) is 19.1 Å². The van der Waals surface area contributed by atoms with Crippen LogP contribution in [0.4, 0.5) is 4.39 Å². The lowest BCUT2D eigenvalue weighted by Crippen LogP contribution is -2.59. The third kappa shape index (κ3) is 2.86. The molecule has 1 aromatic carbocycles. The summed E-state index contributed by atoms with van der Waals surface area (Å²) in [6.07, 6.45) is 3.14. The molecule has 0 aliphatic heterocycles. The Kier molecular flexibility index (Phi) is 3.93. The van der Waals surface area contributed by atoms with Gasteiger partial charge in [0.15, 0.2) is 5.69 Å². The molecule has 0 radical (unpaired) electrons. The molecule has 0 spiro atoms. The van der Waals surface area contributed by atoms with Crippen molar-refractivity contribution >= 4 is 27.8 Å². The number of hydrogen-bond acceptors (Lipinski definition) is 3. The van der Waals surface area contributed by atoms with Gasteiger partial charge in [0.1, 0.15) is 11.4 Å². The molecule has 1 fully saturated rings. The number of carbonyl (C=O) groups excluding carboxylic acids is 1. The maximum Gasteiger partial charge on any atom is 0.329 e. The molecule has 3 rings (SSSR count). The van der Waals surface area contributed by atoms with Crippen molar-refractivity contribution < 1.29 is 19.1 Å². The molecule has 1 heterocycles. The summed E-state index contributed by atoms with van der Waals surface area (Å²) in [4.78, 5) is 23.7. The lowest BCUT2D eigenvalue weighted by atomic mass is 9.76. The summed E-state index contributed by atoms with van der Waals surface area (Å²) in [5.74, 6) is -1.96. The van der Waals surface area contributed by atoms with Gasteiger partial charge in [0, 0.05) is 6.20 Å². The van der Waals surface area contributed by atoms with Crippen LogP contribution in [0.1, 0.15) is 29.8 Å². The van der Waals surface area contributed by atoms with E-state index >= 15 is 0 Å². The van der Waals surface area contributed by atoms with Crippen molar-refractivity contribution in [3.8, 4) is 5.69 Å². The van der Waals surface area contributed by atoms with Gasteiger partial charge in [-0.1, -0.05) is 0 Å². The minimum atomic E-state index is -1.20. The predicted octanol–water partition coefficient (Wildman–Crippen LogP) is 2.51. The summed E-state index contributed by atoms with van der Waals surface area (Å²) < 4.78 is 14.8. The second kappa shape index (κ2) is 5.77. The molecule has 0 atom stereocenters. The van der Waals surface area contributed by atoms with E-state index in [1.165, 1.54) is 28.9 Å². The average molecular weight is 382 g/mol. The number of halogens is 2. The topological polar surface area (TPSA) is 84.2 Å². The lowest BCUT2D eigenvalue weighted by Gasteiger charge is -2.37. The Morgan fingerprint density at radius 2 is 1.96 bits per heavy atom. The molecule has 1 aromatic heterocycles. The SMILES string of the molecule is O=C(NC1(C(=O)O)CCC1)c1nn(-c2ccc(F)cc2)cc1Br. The molecule has 8 heteroatoms. The van der Waals surface area contributed by atoms with E-state index in [2.05, 4.69) is 26.3 Å². The van der Waals surface area contributed by atoms with Crippen LogP contribution in [-0.4, -0.2) is 32.3 Å². The van der Waals surface area contributed by atoms with Crippen LogP contribution in [0.2, 0.25) is 0 Å². The normalized spacial score (nSPS) is 15.7. The lowest BCUT2D eigenvalue weighted by molar-refractivity contribution is -0.148. The van der Waals surface area contributed by atoms with Crippen LogP contribution in [0.3, 0.4) is 0 Å². The predicted molar refractivity (Wildman–Crippen MR) is 82.9 cm³/mol. The van der Waals surface area contributed by atoms with E-state index in [0.29, 0.717) is 23.0 Å². The van der Waals surface area contributed by atoms with Crippen molar-refractivity contribution in [2.24, 2.45) is 0 Å². The number of nitrogens with zero attached hydrogens (tertiary/aromatic N) is 2. The zero-order valence-electron chi connectivity index (χ0n) is 11.9. The highest BCUT2D eigenvalue weighted by Gasteiger charge is 2.46. The quantitative estimate of drug-likeness (QED) is 0.851. The second-order valence-electron chi connectivity index (χ2n) is 5.44. The van der Waals surface area contributed by atoms with Crippen LogP contribution in [-0.2, 0) is 4.79 Å². The highest BCUT2D eigenvalue weighted by molar-refractivity contribution is 9.10. The first-order valence-corrected chi connectivity index (χ1v) is 7.78. The Morgan fingerprint density at radius 1 is 1.30 bits per heavy atom. The fraction of sp³-hybridized carbons (Fsp3) is 0.267. The maximum atomic E-state index is 13.0. The monoisotopic (exact) mass is 381 g/mol. The molecule has 120 valence electrons. The number of hydrogen-bond donors (Lipinski definition) is 2. The van der Waals surface area contributed by atoms with Crippen LogP contribution in [0, 0.1) is 5.82 Å². The zero-order valence-corrected chi connectivity index (χ0v) is 13.5. The Labute approximate surface area is 139 Å². The van der Waals surface area contributed by atoms with E-state index in [0.717, 1.165) is 6.42 Å². The molecule has 1 saturated carbocycles. The number of benzene rings is 1. The van der Waals surface area contributed by atoms with E-state index in [4.69, 9.17) is 0 Å².